The van der Waals surface area contributed by atoms with Crippen molar-refractivity contribution in [3.63, 3.8) is 0 Å². The Morgan fingerprint density at radius 1 is 1.05 bits per heavy atom. The van der Waals surface area contributed by atoms with Gasteiger partial charge in [-0.05, 0) is 61.7 Å². The van der Waals surface area contributed by atoms with Crippen molar-refractivity contribution in [2.75, 3.05) is 13.2 Å². The molecule has 6 atom stereocenters. The Labute approximate surface area is 165 Å². The zero-order valence-electron chi connectivity index (χ0n) is 13.5. The average Bonchev–Trinajstić information content (AvgIpc) is 3.14. The fourth-order valence-corrected chi connectivity index (χ4v) is 4.89. The maximum Gasteiger partial charge on any atom is 0.157 e. The SMILES string of the molecule is CC1C2CC(C(O)CCCCC3OCCO3)C(C2)C1C.[Ac]. The second kappa shape index (κ2) is 8.43. The first-order chi connectivity index (χ1) is 9.66. The number of unbranched alkanes of at least 4 members (excludes halogenated alkanes) is 1. The van der Waals surface area contributed by atoms with Crippen LogP contribution in [0.5, 0.6) is 0 Å². The molecule has 1 aliphatic heterocycles. The molecular formula is C17H30AcO3. The van der Waals surface area contributed by atoms with Crippen LogP contribution in [0.15, 0.2) is 0 Å². The van der Waals surface area contributed by atoms with Crippen LogP contribution in [-0.4, -0.2) is 30.7 Å². The number of aliphatic hydroxyl groups excluding tert-OH is 1. The molecule has 1 radical (unpaired) electrons. The van der Waals surface area contributed by atoms with Crippen LogP contribution >= 0.6 is 0 Å². The number of fused-ring (bicyclic) bond motifs is 2. The fourth-order valence-electron chi connectivity index (χ4n) is 4.89. The van der Waals surface area contributed by atoms with Gasteiger partial charge in [-0.1, -0.05) is 20.3 Å². The van der Waals surface area contributed by atoms with E-state index in [1.807, 2.05) is 0 Å². The summed E-state index contributed by atoms with van der Waals surface area (Å²) in [4.78, 5) is 0. The normalized spacial score (nSPS) is 40.4. The van der Waals surface area contributed by atoms with Gasteiger partial charge in [0.2, 0.25) is 0 Å². The number of aliphatic hydroxyl groups is 1. The van der Waals surface area contributed by atoms with E-state index in [9.17, 15) is 5.11 Å². The van der Waals surface area contributed by atoms with Gasteiger partial charge in [-0.2, -0.15) is 0 Å². The predicted molar refractivity (Wildman–Crippen MR) is 78.2 cm³/mol. The summed E-state index contributed by atoms with van der Waals surface area (Å²) in [6.07, 6.45) is 6.73. The molecule has 1 saturated heterocycles. The van der Waals surface area contributed by atoms with Gasteiger partial charge in [0.1, 0.15) is 0 Å². The fraction of sp³-hybridized carbons (Fsp3) is 1.00. The van der Waals surface area contributed by atoms with E-state index < -0.39 is 0 Å². The van der Waals surface area contributed by atoms with Gasteiger partial charge in [-0.3, -0.25) is 0 Å². The maximum absolute atomic E-state index is 10.5. The van der Waals surface area contributed by atoms with Gasteiger partial charge in [0.15, 0.2) is 6.29 Å². The molecule has 2 bridgehead atoms. The summed E-state index contributed by atoms with van der Waals surface area (Å²) in [7, 11) is 0. The van der Waals surface area contributed by atoms with E-state index >= 15 is 0 Å². The largest absolute Gasteiger partial charge is 0.393 e. The van der Waals surface area contributed by atoms with Gasteiger partial charge in [0.05, 0.1) is 19.3 Å². The molecule has 119 valence electrons. The number of hydrogen-bond acceptors (Lipinski definition) is 3. The molecule has 4 heteroatoms. The molecule has 0 aromatic rings. The van der Waals surface area contributed by atoms with E-state index in [0.29, 0.717) is 5.92 Å². The maximum atomic E-state index is 10.5. The number of hydrogen-bond donors (Lipinski definition) is 1. The quantitative estimate of drug-likeness (QED) is 0.560. The van der Waals surface area contributed by atoms with Crippen molar-refractivity contribution >= 4 is 0 Å². The molecule has 6 unspecified atom stereocenters. The monoisotopic (exact) mass is 509 g/mol. The molecule has 1 N–H and O–H groups in total. The second-order valence-electron chi connectivity index (χ2n) is 7.30. The second-order valence-corrected chi connectivity index (χ2v) is 7.30. The first kappa shape index (κ1) is 18.7. The molecule has 2 aliphatic carbocycles. The van der Waals surface area contributed by atoms with E-state index in [1.165, 1.54) is 12.8 Å². The summed E-state index contributed by atoms with van der Waals surface area (Å²) in [5.41, 5.74) is 0. The van der Waals surface area contributed by atoms with Crippen LogP contribution in [-0.2, 0) is 9.47 Å². The van der Waals surface area contributed by atoms with Crippen molar-refractivity contribution < 1.29 is 58.6 Å². The minimum Gasteiger partial charge on any atom is -0.393 e. The van der Waals surface area contributed by atoms with E-state index in [1.54, 1.807) is 0 Å². The topological polar surface area (TPSA) is 38.7 Å². The van der Waals surface area contributed by atoms with E-state index in [2.05, 4.69) is 13.8 Å². The molecule has 1 heterocycles. The Hall–Kier alpha value is 1.32. The molecule has 3 fully saturated rings. The van der Waals surface area contributed by atoms with Crippen LogP contribution in [0.25, 0.3) is 0 Å². The minimum absolute atomic E-state index is 0. The van der Waals surface area contributed by atoms with Gasteiger partial charge in [0.25, 0.3) is 0 Å². The zero-order valence-corrected chi connectivity index (χ0v) is 18.3. The summed E-state index contributed by atoms with van der Waals surface area (Å²) in [5.74, 6) is 3.93. The van der Waals surface area contributed by atoms with Crippen LogP contribution in [0.2, 0.25) is 0 Å². The van der Waals surface area contributed by atoms with Crippen LogP contribution < -0.4 is 0 Å². The van der Waals surface area contributed by atoms with Crippen molar-refractivity contribution in [2.45, 2.75) is 64.8 Å². The molecule has 0 aromatic carbocycles. The van der Waals surface area contributed by atoms with Crippen molar-refractivity contribution in [1.82, 2.24) is 0 Å². The Bertz CT molecular complexity index is 317. The van der Waals surface area contributed by atoms with Crippen molar-refractivity contribution in [3.05, 3.63) is 0 Å². The average molecular weight is 509 g/mol. The third kappa shape index (κ3) is 4.24. The summed E-state index contributed by atoms with van der Waals surface area (Å²) < 4.78 is 10.9. The van der Waals surface area contributed by atoms with E-state index in [4.69, 9.17) is 9.47 Å². The third-order valence-electron chi connectivity index (χ3n) is 6.32. The van der Waals surface area contributed by atoms with Crippen molar-refractivity contribution in [3.8, 4) is 0 Å². The molecule has 3 rings (SSSR count). The summed E-state index contributed by atoms with van der Waals surface area (Å²) >= 11 is 0. The molecule has 21 heavy (non-hydrogen) atoms. The molecule has 0 aromatic heterocycles. The van der Waals surface area contributed by atoms with Crippen molar-refractivity contribution in [2.24, 2.45) is 29.6 Å². The van der Waals surface area contributed by atoms with Gasteiger partial charge in [0, 0.05) is 44.1 Å². The molecule has 3 nitrogen and oxygen atoms in total. The van der Waals surface area contributed by atoms with Crippen LogP contribution in [0.4, 0.5) is 0 Å². The zero-order chi connectivity index (χ0) is 14.1. The van der Waals surface area contributed by atoms with Crippen LogP contribution in [0, 0.1) is 73.7 Å². The summed E-state index contributed by atoms with van der Waals surface area (Å²) in [6.45, 7) is 6.28. The van der Waals surface area contributed by atoms with Gasteiger partial charge in [-0.15, -0.1) is 0 Å². The Morgan fingerprint density at radius 3 is 2.38 bits per heavy atom. The number of rotatable bonds is 6. The van der Waals surface area contributed by atoms with Gasteiger partial charge < -0.3 is 14.6 Å². The first-order valence-electron chi connectivity index (χ1n) is 8.58. The van der Waals surface area contributed by atoms with E-state index in [0.717, 1.165) is 62.6 Å². The Morgan fingerprint density at radius 2 is 1.76 bits per heavy atom. The van der Waals surface area contributed by atoms with Crippen LogP contribution in [0.3, 0.4) is 0 Å². The van der Waals surface area contributed by atoms with Crippen molar-refractivity contribution in [1.29, 1.82) is 0 Å². The molecule has 2 saturated carbocycles. The molecule has 0 spiro atoms. The van der Waals surface area contributed by atoms with Gasteiger partial charge in [-0.25, -0.2) is 0 Å². The smallest absolute Gasteiger partial charge is 0.157 e. The minimum atomic E-state index is -0.0784. The van der Waals surface area contributed by atoms with E-state index in [-0.39, 0.29) is 56.5 Å². The molecule has 3 aliphatic rings. The standard InChI is InChI=1S/C17H30O3.Ac/c1-11-12(2)14-9-13(11)10-15(14)16(18)5-3-4-6-17-19-7-8-20-17;/h11-18H,3-10H2,1-2H3;. The van der Waals surface area contributed by atoms with Gasteiger partial charge >= 0.3 is 0 Å². The Balaban J connectivity index is 0.00000161. The first-order valence-corrected chi connectivity index (χ1v) is 8.58. The molecular weight excluding hydrogens is 479 g/mol. The summed E-state index contributed by atoms with van der Waals surface area (Å²) in [5, 5.41) is 10.5. The molecule has 0 amide bonds. The summed E-state index contributed by atoms with van der Waals surface area (Å²) in [6, 6.07) is 0. The predicted octanol–water partition coefficient (Wildman–Crippen LogP) is 3.21. The number of ether oxygens (including phenoxy) is 2. The van der Waals surface area contributed by atoms with Crippen LogP contribution in [0.1, 0.15) is 52.4 Å². The Kier molecular flexibility index (Phi) is 7.49. The third-order valence-corrected chi connectivity index (χ3v) is 6.32.